The quantitative estimate of drug-likeness (QED) is 0.113. The number of hydrogen-bond acceptors (Lipinski definition) is 9. The molecule has 9 heteroatoms. The Morgan fingerprint density at radius 1 is 0.370 bits per heavy atom. The van der Waals surface area contributed by atoms with Crippen molar-refractivity contribution in [1.29, 1.82) is 0 Å². The molecule has 0 aliphatic heterocycles. The predicted molar refractivity (Wildman–Crippen MR) is 202 cm³/mol. The molecule has 0 heterocycles. The smallest absolute Gasteiger partial charge is 0.314 e. The van der Waals surface area contributed by atoms with Gasteiger partial charge in [-0.15, -0.1) is 0 Å². The second-order valence-electron chi connectivity index (χ2n) is 15.3. The van der Waals surface area contributed by atoms with E-state index in [1.54, 1.807) is 36.4 Å². The zero-order chi connectivity index (χ0) is 37.6. The minimum absolute atomic E-state index is 0.154. The van der Waals surface area contributed by atoms with Crippen molar-refractivity contribution in [2.45, 2.75) is 94.8 Å². The van der Waals surface area contributed by atoms with E-state index in [4.69, 9.17) is 14.2 Å². The van der Waals surface area contributed by atoms with Crippen LogP contribution >= 0.6 is 0 Å². The third-order valence-electron chi connectivity index (χ3n) is 11.8. The maximum Gasteiger partial charge on any atom is 0.314 e. The number of benzene rings is 4. The van der Waals surface area contributed by atoms with Gasteiger partial charge in [0, 0.05) is 18.2 Å². The fourth-order valence-corrected chi connectivity index (χ4v) is 8.55. The lowest BCUT2D eigenvalue weighted by Crippen LogP contribution is -2.26. The van der Waals surface area contributed by atoms with Gasteiger partial charge in [0.15, 0.2) is 0 Å². The Kier molecular flexibility index (Phi) is 11.5. The molecule has 0 radical (unpaired) electrons. The lowest BCUT2D eigenvalue weighted by molar-refractivity contribution is -0.140. The summed E-state index contributed by atoms with van der Waals surface area (Å²) in [7, 11) is 0. The Morgan fingerprint density at radius 3 is 0.815 bits per heavy atom. The van der Waals surface area contributed by atoms with Gasteiger partial charge in [0.05, 0.1) is 17.8 Å². The van der Waals surface area contributed by atoms with Crippen LogP contribution in [0.15, 0.2) is 91.0 Å². The molecule has 0 aromatic heterocycles. The van der Waals surface area contributed by atoms with E-state index in [1.165, 1.54) is 18.2 Å². The fraction of sp³-hybridized carbons (Fsp3) is 0.400. The van der Waals surface area contributed by atoms with Gasteiger partial charge < -0.3 is 29.5 Å². The first-order valence-electron chi connectivity index (χ1n) is 19.3. The molecule has 3 aliphatic rings. The van der Waals surface area contributed by atoms with Crippen LogP contribution in [0, 0.1) is 17.8 Å². The Balaban J connectivity index is 1.00. The van der Waals surface area contributed by atoms with Gasteiger partial charge in [-0.2, -0.15) is 0 Å². The lowest BCUT2D eigenvalue weighted by atomic mass is 9.78. The highest BCUT2D eigenvalue weighted by atomic mass is 16.6. The second-order valence-corrected chi connectivity index (χ2v) is 15.3. The molecule has 0 amide bonds. The summed E-state index contributed by atoms with van der Waals surface area (Å²) in [6, 6.07) is 26.2. The Morgan fingerprint density at radius 2 is 0.593 bits per heavy atom. The third kappa shape index (κ3) is 9.24. The number of phenols is 3. The molecule has 54 heavy (non-hydrogen) atoms. The summed E-state index contributed by atoms with van der Waals surface area (Å²) in [6.07, 6.45) is 8.81. The van der Waals surface area contributed by atoms with Crippen LogP contribution in [0.2, 0.25) is 0 Å². The standard InChI is InChI=1S/C45H48O9/c46-37-19-13-31(14-20-37)28-1-7-34(8-2-28)43(49)52-40-25-41(53-44(50)35-9-3-29(4-10-35)32-15-21-38(47)22-16-32)27-42(26-40)54-45(51)36-11-5-30(6-12-36)33-17-23-39(48)24-18-33/h13-30,34-36,46-48H,1-12H2. The summed E-state index contributed by atoms with van der Waals surface area (Å²) in [6.45, 7) is 0. The van der Waals surface area contributed by atoms with Crippen LogP contribution in [-0.4, -0.2) is 33.2 Å². The van der Waals surface area contributed by atoms with Gasteiger partial charge in [-0.1, -0.05) is 36.4 Å². The molecular weight excluding hydrogens is 684 g/mol. The van der Waals surface area contributed by atoms with Crippen LogP contribution in [0.3, 0.4) is 0 Å². The van der Waals surface area contributed by atoms with Crippen LogP contribution in [0.4, 0.5) is 0 Å². The van der Waals surface area contributed by atoms with Gasteiger partial charge in [0.2, 0.25) is 0 Å². The molecule has 0 atom stereocenters. The third-order valence-corrected chi connectivity index (χ3v) is 11.8. The molecule has 4 aromatic rings. The van der Waals surface area contributed by atoms with Crippen molar-refractivity contribution in [3.8, 4) is 34.5 Å². The number of carbonyl (C=O) groups excluding carboxylic acids is 3. The molecule has 3 N–H and O–H groups in total. The highest BCUT2D eigenvalue weighted by molar-refractivity contribution is 5.79. The first kappa shape index (κ1) is 37.0. The molecular formula is C45H48O9. The largest absolute Gasteiger partial charge is 0.508 e. The first-order chi connectivity index (χ1) is 26.2. The monoisotopic (exact) mass is 732 g/mol. The summed E-state index contributed by atoms with van der Waals surface area (Å²) >= 11 is 0. The van der Waals surface area contributed by atoms with E-state index < -0.39 is 0 Å². The first-order valence-corrected chi connectivity index (χ1v) is 19.3. The van der Waals surface area contributed by atoms with Crippen LogP contribution in [0.25, 0.3) is 0 Å². The van der Waals surface area contributed by atoms with E-state index in [9.17, 15) is 29.7 Å². The topological polar surface area (TPSA) is 140 Å². The van der Waals surface area contributed by atoms with Gasteiger partial charge in [-0.25, -0.2) is 0 Å². The number of phenolic OH excluding ortho intramolecular Hbond substituents is 3. The number of carbonyl (C=O) groups is 3. The maximum absolute atomic E-state index is 13.5. The molecule has 4 aromatic carbocycles. The van der Waals surface area contributed by atoms with Crippen molar-refractivity contribution in [3.05, 3.63) is 108 Å². The highest BCUT2D eigenvalue weighted by Gasteiger charge is 2.32. The average molecular weight is 733 g/mol. The number of esters is 3. The van der Waals surface area contributed by atoms with E-state index >= 15 is 0 Å². The van der Waals surface area contributed by atoms with Gasteiger partial charge in [-0.05, 0) is 148 Å². The van der Waals surface area contributed by atoms with Crippen LogP contribution < -0.4 is 14.2 Å². The summed E-state index contributed by atoms with van der Waals surface area (Å²) in [4.78, 5) is 40.4. The molecule has 3 aliphatic carbocycles. The van der Waals surface area contributed by atoms with E-state index in [0.717, 1.165) is 55.2 Å². The molecule has 282 valence electrons. The number of rotatable bonds is 9. The SMILES string of the molecule is O=C(Oc1cc(OC(=O)C2CCC(c3ccc(O)cc3)CC2)cc(OC(=O)C2CCC(c3ccc(O)cc3)CC2)c1)C1CCC(c2ccc(O)cc2)CC1. The van der Waals surface area contributed by atoms with Crippen LogP contribution in [0.1, 0.15) is 111 Å². The van der Waals surface area contributed by atoms with Crippen molar-refractivity contribution >= 4 is 17.9 Å². The molecule has 0 saturated heterocycles. The Labute approximate surface area is 315 Å². The zero-order valence-corrected chi connectivity index (χ0v) is 30.4. The Hall–Kier alpha value is -5.31. The fourth-order valence-electron chi connectivity index (χ4n) is 8.55. The molecule has 0 bridgehead atoms. The maximum atomic E-state index is 13.5. The molecule has 3 fully saturated rings. The lowest BCUT2D eigenvalue weighted by Gasteiger charge is -2.28. The Bertz CT molecular complexity index is 1660. The van der Waals surface area contributed by atoms with Crippen molar-refractivity contribution in [3.63, 3.8) is 0 Å². The van der Waals surface area contributed by atoms with Crippen molar-refractivity contribution in [2.75, 3.05) is 0 Å². The normalized spacial score (nSPS) is 24.2. The summed E-state index contributed by atoms with van der Waals surface area (Å²) in [5.41, 5.74) is 3.43. The van der Waals surface area contributed by atoms with Crippen LogP contribution in [-0.2, 0) is 14.4 Å². The van der Waals surface area contributed by atoms with E-state index in [0.29, 0.717) is 56.3 Å². The number of ether oxygens (including phenoxy) is 3. The average Bonchev–Trinajstić information content (AvgIpc) is 3.19. The van der Waals surface area contributed by atoms with Crippen LogP contribution in [0.5, 0.6) is 34.5 Å². The highest BCUT2D eigenvalue weighted by Crippen LogP contribution is 2.41. The van der Waals surface area contributed by atoms with Gasteiger partial charge in [0.25, 0.3) is 0 Å². The van der Waals surface area contributed by atoms with Gasteiger partial charge in [-0.3, -0.25) is 14.4 Å². The molecule has 3 saturated carbocycles. The van der Waals surface area contributed by atoms with Gasteiger partial charge in [0.1, 0.15) is 34.5 Å². The number of aromatic hydroxyl groups is 3. The minimum Gasteiger partial charge on any atom is -0.508 e. The van der Waals surface area contributed by atoms with E-state index in [2.05, 4.69) is 0 Å². The summed E-state index contributed by atoms with van der Waals surface area (Å²) < 4.78 is 17.7. The van der Waals surface area contributed by atoms with Crippen molar-refractivity contribution in [2.24, 2.45) is 17.8 Å². The molecule has 9 nitrogen and oxygen atoms in total. The molecule has 0 unspecified atom stereocenters. The van der Waals surface area contributed by atoms with Crippen molar-refractivity contribution in [1.82, 2.24) is 0 Å². The molecule has 0 spiro atoms. The second kappa shape index (κ2) is 16.8. The zero-order valence-electron chi connectivity index (χ0n) is 30.4. The van der Waals surface area contributed by atoms with E-state index in [1.807, 2.05) is 36.4 Å². The summed E-state index contributed by atoms with van der Waals surface area (Å²) in [5.74, 6) is 0.0129. The number of hydrogen-bond donors (Lipinski definition) is 3. The minimum atomic E-state index is -0.375. The van der Waals surface area contributed by atoms with E-state index in [-0.39, 0.29) is 70.2 Å². The predicted octanol–water partition coefficient (Wildman–Crippen LogP) is 9.44. The van der Waals surface area contributed by atoms with Gasteiger partial charge >= 0.3 is 17.9 Å². The summed E-state index contributed by atoms with van der Waals surface area (Å²) in [5, 5.41) is 29.0. The van der Waals surface area contributed by atoms with Crippen molar-refractivity contribution < 1.29 is 43.9 Å². The molecule has 7 rings (SSSR count).